The number of fused-ring (bicyclic) bond motifs is 5. The van der Waals surface area contributed by atoms with Crippen LogP contribution in [0, 0.1) is 0 Å². The van der Waals surface area contributed by atoms with Crippen LogP contribution in [0.1, 0.15) is 97.6 Å². The monoisotopic (exact) mass is 1580 g/mol. The van der Waals surface area contributed by atoms with Crippen LogP contribution < -0.4 is 26.1 Å². The summed E-state index contributed by atoms with van der Waals surface area (Å²) in [6.45, 7) is 17.1. The fourth-order valence-electron chi connectivity index (χ4n) is 12.1. The first kappa shape index (κ1) is 79.1. The van der Waals surface area contributed by atoms with Gasteiger partial charge in [0.05, 0.1) is 139 Å². The lowest BCUT2D eigenvalue weighted by molar-refractivity contribution is 0.00578. The lowest BCUT2D eigenvalue weighted by atomic mass is 9.77. The molecule has 15 rings (SSSR count). The Balaban J connectivity index is 0.000000145. The second-order valence-corrected chi connectivity index (χ2v) is 30.5. The van der Waals surface area contributed by atoms with Crippen molar-refractivity contribution in [3.8, 4) is 22.6 Å². The van der Waals surface area contributed by atoms with Gasteiger partial charge in [-0.1, -0.05) is 54.6 Å². The number of nitrogens with zero attached hydrogens (tertiary/aromatic N) is 10. The summed E-state index contributed by atoms with van der Waals surface area (Å²) in [6.07, 6.45) is 13.4. The number of nitrogens with two attached hydrogens (primary N) is 1. The number of carboxylic acids is 1. The number of carboxylic acid groups (broad SMARTS) is 1. The number of hydrogen-bond donors (Lipinski definition) is 4. The second kappa shape index (κ2) is 31.7. The van der Waals surface area contributed by atoms with Crippen molar-refractivity contribution in [2.75, 3.05) is 48.3 Å². The molecule has 0 saturated carbocycles. The van der Waals surface area contributed by atoms with Crippen molar-refractivity contribution in [3.63, 3.8) is 0 Å². The summed E-state index contributed by atoms with van der Waals surface area (Å²) in [5.41, 5.74) is 13.3. The summed E-state index contributed by atoms with van der Waals surface area (Å²) >= 11 is 3.42. The third kappa shape index (κ3) is 16.6. The van der Waals surface area contributed by atoms with Crippen molar-refractivity contribution in [1.82, 2.24) is 53.6 Å². The maximum atomic E-state index is 12.8. The van der Waals surface area contributed by atoms with Gasteiger partial charge in [-0.25, -0.2) is 41.7 Å². The topological polar surface area (TPSA) is 332 Å². The number of carbonyl (C=O) groups excluding carboxylic acids is 2. The number of aromatic amines is 2. The highest BCUT2D eigenvalue weighted by molar-refractivity contribution is 9.10. The van der Waals surface area contributed by atoms with E-state index in [0.29, 0.717) is 62.4 Å². The van der Waals surface area contributed by atoms with Crippen molar-refractivity contribution in [2.45, 2.75) is 95.8 Å². The van der Waals surface area contributed by atoms with E-state index in [1.807, 2.05) is 153 Å². The molecule has 2 fully saturated rings. The van der Waals surface area contributed by atoms with Crippen molar-refractivity contribution in [1.29, 1.82) is 0 Å². The molecule has 109 heavy (non-hydrogen) atoms. The molecule has 0 radical (unpaired) electrons. The number of rotatable bonds is 16. The number of hydrogen-bond acceptors (Lipinski definition) is 20. The molecular weight excluding hydrogens is 1500 g/mol. The molecule has 0 unspecified atom stereocenters. The molecular formula is C77H81B2BrClN13O14S. The fraction of sp³-hybridized carbons (Fsp3) is 0.260. The third-order valence-corrected chi connectivity index (χ3v) is 21.6. The first-order valence-corrected chi connectivity index (χ1v) is 36.3. The van der Waals surface area contributed by atoms with Crippen molar-refractivity contribution < 1.29 is 65.5 Å². The van der Waals surface area contributed by atoms with Crippen LogP contribution in [-0.2, 0) is 51.2 Å². The first-order valence-electron chi connectivity index (χ1n) is 34.1. The molecule has 5 N–H and O–H groups in total. The van der Waals surface area contributed by atoms with Gasteiger partial charge in [-0.2, -0.15) is 15.3 Å². The SMILES string of the molecule is CN(C)C=Nc1cc2c(Br)cn(S(=O)(=O)c3ccccc3)c2cn1.COC(=O)c1cc(B2OC(C)(C)C(C)(C)O2)cc2cn(Cc3ccc(OC)cc3)nc12.COC(=O)c1cc(B2OC(C)(C)C(C)(C)O2)cc2cnn(Cc3ccc(OC)cc3)c12.Cl.Nc1cc2c(-c3cc(C(=O)O)c4[nH]ncc4c3)c[nH]c2cn1. The summed E-state index contributed by atoms with van der Waals surface area (Å²) in [7, 11) is 4.89. The van der Waals surface area contributed by atoms with E-state index in [0.717, 1.165) is 77.1 Å². The predicted molar refractivity (Wildman–Crippen MR) is 426 cm³/mol. The number of halogens is 2. The van der Waals surface area contributed by atoms with E-state index in [1.54, 1.807) is 109 Å². The zero-order valence-corrected chi connectivity index (χ0v) is 65.5. The number of nitrogens with one attached hydrogen (secondary N) is 2. The lowest BCUT2D eigenvalue weighted by Gasteiger charge is -2.32. The second-order valence-electron chi connectivity index (χ2n) is 27.9. The van der Waals surface area contributed by atoms with E-state index in [1.165, 1.54) is 30.6 Å². The molecule has 7 aromatic heterocycles. The molecule has 9 heterocycles. The van der Waals surface area contributed by atoms with Gasteiger partial charge in [-0.15, -0.1) is 12.4 Å². The van der Waals surface area contributed by atoms with Crippen LogP contribution in [0.4, 0.5) is 11.6 Å². The highest BCUT2D eigenvalue weighted by Gasteiger charge is 2.53. The number of ether oxygens (including phenoxy) is 4. The van der Waals surface area contributed by atoms with Gasteiger partial charge in [0.25, 0.3) is 10.0 Å². The van der Waals surface area contributed by atoms with E-state index >= 15 is 0 Å². The number of H-pyrrole nitrogens is 2. The smallest absolute Gasteiger partial charge is 0.494 e. The Bertz CT molecular complexity index is 5620. The maximum Gasteiger partial charge on any atom is 0.494 e. The van der Waals surface area contributed by atoms with Gasteiger partial charge >= 0.3 is 32.1 Å². The van der Waals surface area contributed by atoms with Gasteiger partial charge in [0.2, 0.25) is 0 Å². The van der Waals surface area contributed by atoms with Crippen LogP contribution in [0.5, 0.6) is 11.5 Å². The quantitative estimate of drug-likeness (QED) is 0.0302. The number of aromatic carboxylic acids is 1. The molecule has 2 aliphatic heterocycles. The molecule has 6 aromatic carbocycles. The van der Waals surface area contributed by atoms with Crippen LogP contribution in [0.15, 0.2) is 185 Å². The van der Waals surface area contributed by atoms with E-state index < -0.39 is 64.6 Å². The first-order chi connectivity index (χ1) is 51.3. The average molecular weight is 1580 g/mol. The summed E-state index contributed by atoms with van der Waals surface area (Å²) < 4.78 is 76.4. The molecule has 13 aromatic rings. The number of nitrogen functional groups attached to an aromatic ring is 1. The Labute approximate surface area is 643 Å². The van der Waals surface area contributed by atoms with E-state index in [4.69, 9.17) is 43.3 Å². The summed E-state index contributed by atoms with van der Waals surface area (Å²) in [4.78, 5) is 54.3. The Morgan fingerprint density at radius 2 is 1.25 bits per heavy atom. The van der Waals surface area contributed by atoms with Crippen LogP contribution in [0.2, 0.25) is 0 Å². The zero-order valence-electron chi connectivity index (χ0n) is 62.3. The lowest BCUT2D eigenvalue weighted by Crippen LogP contribution is -2.41. The third-order valence-electron chi connectivity index (χ3n) is 19.3. The number of carbonyl (C=O) groups is 3. The van der Waals surface area contributed by atoms with E-state index in [9.17, 15) is 27.9 Å². The molecule has 564 valence electrons. The molecule has 0 spiro atoms. The van der Waals surface area contributed by atoms with Gasteiger partial charge in [-0.3, -0.25) is 14.5 Å². The Morgan fingerprint density at radius 1 is 0.670 bits per heavy atom. The van der Waals surface area contributed by atoms with Gasteiger partial charge in [0.15, 0.2) is 5.82 Å². The minimum absolute atomic E-state index is 0. The Hall–Kier alpha value is -10.9. The van der Waals surface area contributed by atoms with Crippen molar-refractivity contribution >= 4 is 154 Å². The van der Waals surface area contributed by atoms with Gasteiger partial charge in [-0.05, 0) is 172 Å². The van der Waals surface area contributed by atoms with Crippen LogP contribution in [-0.4, -0.2) is 171 Å². The summed E-state index contributed by atoms with van der Waals surface area (Å²) in [5.74, 6) is 0.628. The predicted octanol–water partition coefficient (Wildman–Crippen LogP) is 12.4. The highest BCUT2D eigenvalue weighted by atomic mass is 79.9. The highest BCUT2D eigenvalue weighted by Crippen LogP contribution is 2.40. The van der Waals surface area contributed by atoms with Gasteiger partial charge in [0.1, 0.15) is 22.8 Å². The Morgan fingerprint density at radius 3 is 1.83 bits per heavy atom. The zero-order chi connectivity index (χ0) is 77.4. The van der Waals surface area contributed by atoms with E-state index in [2.05, 4.69) is 56.3 Å². The molecule has 2 aliphatic rings. The standard InChI is InChI=1S/2C23H27BN2O5.C16H15BrN4O2S.C15H11N5O2.ClH/c1-22(2)23(3,4)31-24(30-22)17-11-16-13-25-26(20(16)19(12-17)21(27)29-6)14-15-7-9-18(28-5)10-8-15;1-22(2)23(3,4)31-24(30-22)17-11-16-14-26(13-15-7-9-18(28-5)10-8-15)25-20(16)19(12-17)21(27)29-6;1-20(2)11-19-16-8-13-14(17)10-21(15(13)9-18-16)24(22,23)12-6-4-3-5-7-12;16-13-3-9-11(5-17-12(9)6-18-13)7-1-8-4-19-20-14(8)10(2-7)15(21)22;/h7-13H,14H2,1-6H3;7-12,14H,13H2,1-6H3;3-11H,1-2H3;1-6,17H,(H2,16,18)(H,19,20)(H,21,22);1H. The number of pyridine rings is 2. The maximum absolute atomic E-state index is 12.8. The van der Waals surface area contributed by atoms with Crippen molar-refractivity contribution in [2.24, 2.45) is 4.99 Å². The molecule has 0 aliphatic carbocycles. The molecule has 27 nitrogen and oxygen atoms in total. The average Bonchev–Trinajstić information content (AvgIpc) is 1.63. The van der Waals surface area contributed by atoms with Gasteiger partial charge < -0.3 is 58.3 Å². The van der Waals surface area contributed by atoms with Crippen LogP contribution >= 0.6 is 28.3 Å². The minimum atomic E-state index is -3.68. The number of esters is 2. The molecule has 0 bridgehead atoms. The summed E-state index contributed by atoms with van der Waals surface area (Å²) in [6, 6.07) is 38.3. The normalized spacial score (nSPS) is 14.7. The van der Waals surface area contributed by atoms with Gasteiger partial charge in [0, 0.05) is 69.7 Å². The number of benzene rings is 6. The van der Waals surface area contributed by atoms with Crippen LogP contribution in [0.3, 0.4) is 0 Å². The fourth-order valence-corrected chi connectivity index (χ4v) is 14.1. The molecule has 0 amide bonds. The molecule has 2 saturated heterocycles. The molecule has 32 heteroatoms. The number of aromatic nitrogens is 10. The Kier molecular flexibility index (Phi) is 23.0. The largest absolute Gasteiger partial charge is 0.497 e. The van der Waals surface area contributed by atoms with Crippen molar-refractivity contribution in [3.05, 3.63) is 203 Å². The number of aliphatic imine (C=N–C) groups is 1. The van der Waals surface area contributed by atoms with E-state index in [-0.39, 0.29) is 22.9 Å². The number of methoxy groups -OCH3 is 4. The number of anilines is 1. The van der Waals surface area contributed by atoms with Crippen LogP contribution in [0.25, 0.3) is 65.6 Å². The summed E-state index contributed by atoms with van der Waals surface area (Å²) in [5, 5.41) is 29.2. The minimum Gasteiger partial charge on any atom is -0.497 e. The molecule has 0 atom stereocenters.